The molecule has 0 spiro atoms. The standard InChI is InChI=1S/C18H27ClFN3O2/c1-2-21-18(22-9-4-11-25-14-8-12-24-13-14)23-10-7-15-16(19)5-3-6-17(15)20/h3,5-6,14H,2,4,7-13H2,1H3,(H2,21,22,23). The van der Waals surface area contributed by atoms with Gasteiger partial charge in [0.05, 0.1) is 12.7 Å². The van der Waals surface area contributed by atoms with Crippen molar-refractivity contribution < 1.29 is 13.9 Å². The highest BCUT2D eigenvalue weighted by molar-refractivity contribution is 6.31. The molecule has 2 N–H and O–H groups in total. The normalized spacial score (nSPS) is 17.7. The molecule has 7 heteroatoms. The first-order chi connectivity index (χ1) is 12.2. The Bertz CT molecular complexity index is 531. The quantitative estimate of drug-likeness (QED) is 0.398. The minimum absolute atomic E-state index is 0.237. The lowest BCUT2D eigenvalue weighted by Crippen LogP contribution is -2.38. The molecule has 0 aliphatic carbocycles. The summed E-state index contributed by atoms with van der Waals surface area (Å²) in [6.07, 6.45) is 2.57. The van der Waals surface area contributed by atoms with Crippen molar-refractivity contribution in [3.05, 3.63) is 34.6 Å². The summed E-state index contributed by atoms with van der Waals surface area (Å²) in [6.45, 7) is 6.18. The number of hydrogen-bond donors (Lipinski definition) is 2. The van der Waals surface area contributed by atoms with Crippen LogP contribution >= 0.6 is 11.6 Å². The van der Waals surface area contributed by atoms with Crippen LogP contribution in [0.25, 0.3) is 0 Å². The molecule has 1 fully saturated rings. The van der Waals surface area contributed by atoms with Crippen molar-refractivity contribution in [3.8, 4) is 0 Å². The Kier molecular flexibility index (Phi) is 9.00. The number of halogens is 2. The third-order valence-electron chi connectivity index (χ3n) is 3.89. The molecule has 1 atom stereocenters. The number of nitrogens with one attached hydrogen (secondary N) is 2. The molecule has 0 amide bonds. The van der Waals surface area contributed by atoms with Gasteiger partial charge < -0.3 is 20.1 Å². The summed E-state index contributed by atoms with van der Waals surface area (Å²) in [5, 5.41) is 6.85. The molecule has 1 heterocycles. The molecule has 0 radical (unpaired) electrons. The van der Waals surface area contributed by atoms with Gasteiger partial charge >= 0.3 is 0 Å². The van der Waals surface area contributed by atoms with Crippen LogP contribution in [0, 0.1) is 5.82 Å². The van der Waals surface area contributed by atoms with Gasteiger partial charge in [-0.15, -0.1) is 0 Å². The van der Waals surface area contributed by atoms with Gasteiger partial charge in [-0.1, -0.05) is 17.7 Å². The molecule has 5 nitrogen and oxygen atoms in total. The average molecular weight is 372 g/mol. The van der Waals surface area contributed by atoms with E-state index in [-0.39, 0.29) is 11.9 Å². The Morgan fingerprint density at radius 2 is 2.32 bits per heavy atom. The molecular weight excluding hydrogens is 345 g/mol. The number of hydrogen-bond acceptors (Lipinski definition) is 3. The topological polar surface area (TPSA) is 54.9 Å². The van der Waals surface area contributed by atoms with Gasteiger partial charge in [0.25, 0.3) is 0 Å². The maximum Gasteiger partial charge on any atom is 0.191 e. The van der Waals surface area contributed by atoms with E-state index in [2.05, 4.69) is 15.6 Å². The summed E-state index contributed by atoms with van der Waals surface area (Å²) in [6, 6.07) is 4.74. The van der Waals surface area contributed by atoms with Crippen LogP contribution in [0.1, 0.15) is 25.3 Å². The third kappa shape index (κ3) is 7.18. The Morgan fingerprint density at radius 3 is 3.04 bits per heavy atom. The van der Waals surface area contributed by atoms with Crippen LogP contribution in [-0.4, -0.2) is 51.5 Å². The summed E-state index contributed by atoms with van der Waals surface area (Å²) in [4.78, 5) is 4.51. The third-order valence-corrected chi connectivity index (χ3v) is 4.24. The van der Waals surface area contributed by atoms with Crippen molar-refractivity contribution in [2.24, 2.45) is 4.99 Å². The fourth-order valence-corrected chi connectivity index (χ4v) is 2.83. The lowest BCUT2D eigenvalue weighted by Gasteiger charge is -2.12. The Labute approximate surface area is 153 Å². The largest absolute Gasteiger partial charge is 0.379 e. The smallest absolute Gasteiger partial charge is 0.191 e. The molecule has 1 aliphatic rings. The number of rotatable bonds is 9. The van der Waals surface area contributed by atoms with Crippen LogP contribution in [-0.2, 0) is 15.9 Å². The van der Waals surface area contributed by atoms with Crippen molar-refractivity contribution in [3.63, 3.8) is 0 Å². The Morgan fingerprint density at radius 1 is 1.44 bits per heavy atom. The summed E-state index contributed by atoms with van der Waals surface area (Å²) < 4.78 is 24.7. The van der Waals surface area contributed by atoms with E-state index in [0.29, 0.717) is 43.3 Å². The zero-order valence-electron chi connectivity index (χ0n) is 14.7. The van der Waals surface area contributed by atoms with E-state index in [0.717, 1.165) is 32.0 Å². The van der Waals surface area contributed by atoms with Crippen LogP contribution in [0.2, 0.25) is 5.02 Å². The first-order valence-electron chi connectivity index (χ1n) is 8.85. The van der Waals surface area contributed by atoms with Crippen molar-refractivity contribution in [2.75, 3.05) is 39.5 Å². The summed E-state index contributed by atoms with van der Waals surface area (Å²) in [5.74, 6) is 0.448. The lowest BCUT2D eigenvalue weighted by molar-refractivity contribution is 0.0424. The van der Waals surface area contributed by atoms with Crippen LogP contribution < -0.4 is 10.6 Å². The maximum atomic E-state index is 13.8. The van der Waals surface area contributed by atoms with Crippen molar-refractivity contribution in [2.45, 2.75) is 32.3 Å². The highest BCUT2D eigenvalue weighted by Gasteiger charge is 2.15. The molecule has 0 saturated carbocycles. The highest BCUT2D eigenvalue weighted by Crippen LogP contribution is 2.18. The number of benzene rings is 1. The number of guanidine groups is 1. The number of ether oxygens (including phenoxy) is 2. The molecule has 1 aromatic carbocycles. The van der Waals surface area contributed by atoms with E-state index in [9.17, 15) is 4.39 Å². The first kappa shape index (κ1) is 19.9. The Hall–Kier alpha value is -1.37. The van der Waals surface area contributed by atoms with E-state index >= 15 is 0 Å². The molecule has 25 heavy (non-hydrogen) atoms. The van der Waals surface area contributed by atoms with Crippen LogP contribution in [0.3, 0.4) is 0 Å². The van der Waals surface area contributed by atoms with Gasteiger partial charge in [0.1, 0.15) is 5.82 Å². The molecule has 2 rings (SSSR count). The molecule has 0 bridgehead atoms. The Balaban J connectivity index is 1.69. The number of aliphatic imine (C=N–C) groups is 1. The van der Waals surface area contributed by atoms with E-state index in [1.54, 1.807) is 12.1 Å². The SMILES string of the molecule is CCNC(=NCCCOC1CCOC1)NCCc1c(F)cccc1Cl. The fourth-order valence-electron chi connectivity index (χ4n) is 2.57. The number of nitrogens with zero attached hydrogens (tertiary/aromatic N) is 1. The van der Waals surface area contributed by atoms with Crippen LogP contribution in [0.15, 0.2) is 23.2 Å². The van der Waals surface area contributed by atoms with E-state index in [1.807, 2.05) is 6.92 Å². The lowest BCUT2D eigenvalue weighted by atomic mass is 10.1. The molecule has 1 aliphatic heterocycles. The molecule has 1 aromatic rings. The van der Waals surface area contributed by atoms with E-state index in [4.69, 9.17) is 21.1 Å². The predicted octanol–water partition coefficient (Wildman–Crippen LogP) is 2.77. The average Bonchev–Trinajstić information content (AvgIpc) is 3.10. The van der Waals surface area contributed by atoms with Gasteiger partial charge in [0, 0.05) is 43.4 Å². The van der Waals surface area contributed by atoms with Gasteiger partial charge in [-0.3, -0.25) is 4.99 Å². The summed E-state index contributed by atoms with van der Waals surface area (Å²) in [7, 11) is 0. The van der Waals surface area contributed by atoms with E-state index in [1.165, 1.54) is 6.07 Å². The van der Waals surface area contributed by atoms with Crippen molar-refractivity contribution in [1.82, 2.24) is 10.6 Å². The molecule has 1 unspecified atom stereocenters. The van der Waals surface area contributed by atoms with Gasteiger partial charge in [-0.05, 0) is 38.3 Å². The minimum atomic E-state index is -0.274. The van der Waals surface area contributed by atoms with Gasteiger partial charge in [0.2, 0.25) is 0 Å². The second kappa shape index (κ2) is 11.3. The summed E-state index contributed by atoms with van der Waals surface area (Å²) in [5.41, 5.74) is 0.527. The van der Waals surface area contributed by atoms with Crippen molar-refractivity contribution >= 4 is 17.6 Å². The van der Waals surface area contributed by atoms with Crippen LogP contribution in [0.4, 0.5) is 4.39 Å². The monoisotopic (exact) mass is 371 g/mol. The maximum absolute atomic E-state index is 13.8. The van der Waals surface area contributed by atoms with Gasteiger partial charge in [0.15, 0.2) is 5.96 Å². The molecule has 140 valence electrons. The molecule has 0 aromatic heterocycles. The zero-order chi connectivity index (χ0) is 17.9. The molecular formula is C18H27ClFN3O2. The first-order valence-corrected chi connectivity index (χ1v) is 9.23. The second-order valence-corrected chi connectivity index (χ2v) is 6.25. The van der Waals surface area contributed by atoms with E-state index < -0.39 is 0 Å². The second-order valence-electron chi connectivity index (χ2n) is 5.85. The van der Waals surface area contributed by atoms with Gasteiger partial charge in [-0.25, -0.2) is 4.39 Å². The van der Waals surface area contributed by atoms with Crippen LogP contribution in [0.5, 0.6) is 0 Å². The minimum Gasteiger partial charge on any atom is -0.379 e. The summed E-state index contributed by atoms with van der Waals surface area (Å²) >= 11 is 6.04. The fraction of sp³-hybridized carbons (Fsp3) is 0.611. The van der Waals surface area contributed by atoms with Crippen molar-refractivity contribution in [1.29, 1.82) is 0 Å². The zero-order valence-corrected chi connectivity index (χ0v) is 15.4. The predicted molar refractivity (Wildman–Crippen MR) is 98.9 cm³/mol. The highest BCUT2D eigenvalue weighted by atomic mass is 35.5. The molecule has 1 saturated heterocycles. The van der Waals surface area contributed by atoms with Gasteiger partial charge in [-0.2, -0.15) is 0 Å².